The highest BCUT2D eigenvalue weighted by Gasteiger charge is 2.33. The zero-order valence-corrected chi connectivity index (χ0v) is 11.1. The van der Waals surface area contributed by atoms with Crippen LogP contribution in [0.15, 0.2) is 18.2 Å². The number of nitrogens with two attached hydrogens (primary N) is 1. The summed E-state index contributed by atoms with van der Waals surface area (Å²) in [5.74, 6) is 0.167. The van der Waals surface area contributed by atoms with E-state index in [-0.39, 0.29) is 23.9 Å². The number of benzene rings is 1. The number of methoxy groups -OCH3 is 1. The van der Waals surface area contributed by atoms with Crippen molar-refractivity contribution < 1.29 is 14.2 Å². The van der Waals surface area contributed by atoms with Gasteiger partial charge in [0, 0.05) is 5.56 Å². The molecule has 0 radical (unpaired) electrons. The molecule has 0 saturated heterocycles. The molecule has 0 heterocycles. The molecule has 2 rings (SSSR count). The van der Waals surface area contributed by atoms with Crippen LogP contribution in [0.3, 0.4) is 0 Å². The van der Waals surface area contributed by atoms with Crippen LogP contribution in [0.2, 0.25) is 0 Å². The largest absolute Gasteiger partial charge is 0.496 e. The van der Waals surface area contributed by atoms with Gasteiger partial charge in [0.2, 0.25) is 0 Å². The Labute approximate surface area is 113 Å². The normalized spacial score (nSPS) is 18.4. The molecule has 0 bridgehead atoms. The lowest BCUT2D eigenvalue weighted by Gasteiger charge is -2.34. The average Bonchev–Trinajstić information content (AvgIpc) is 2.25. The first-order chi connectivity index (χ1) is 8.15. The molecule has 1 aromatic rings. The second kappa shape index (κ2) is 6.36. The lowest BCUT2D eigenvalue weighted by Crippen LogP contribution is -2.37. The van der Waals surface area contributed by atoms with Crippen molar-refractivity contribution in [3.05, 3.63) is 29.6 Å². The third-order valence-electron chi connectivity index (χ3n) is 3.57. The van der Waals surface area contributed by atoms with Crippen LogP contribution in [0.1, 0.15) is 30.9 Å². The Bertz CT molecular complexity index is 399. The standard InChI is InChI=1S/C13H18FNO2.ClH/c1-17-10-7-3-6-9(14)11(10)12(15)13(16)8-4-2-5-8;/h3,6-8,12-13,16H,2,4-5,15H2,1H3;1H/t12-,13+;/m1./s1. The van der Waals surface area contributed by atoms with Gasteiger partial charge in [0.25, 0.3) is 0 Å². The van der Waals surface area contributed by atoms with E-state index in [0.29, 0.717) is 5.75 Å². The molecular weight excluding hydrogens is 257 g/mol. The first-order valence-corrected chi connectivity index (χ1v) is 5.91. The first-order valence-electron chi connectivity index (χ1n) is 5.91. The number of aliphatic hydroxyl groups excluding tert-OH is 1. The lowest BCUT2D eigenvalue weighted by molar-refractivity contribution is 0.0398. The molecule has 102 valence electrons. The third-order valence-corrected chi connectivity index (χ3v) is 3.57. The van der Waals surface area contributed by atoms with Crippen LogP contribution in [0.5, 0.6) is 5.75 Å². The van der Waals surface area contributed by atoms with E-state index in [9.17, 15) is 9.50 Å². The van der Waals surface area contributed by atoms with Crippen molar-refractivity contribution >= 4 is 12.4 Å². The van der Waals surface area contributed by atoms with Crippen LogP contribution in [-0.2, 0) is 0 Å². The zero-order valence-electron chi connectivity index (χ0n) is 10.3. The van der Waals surface area contributed by atoms with Crippen LogP contribution in [0, 0.1) is 11.7 Å². The summed E-state index contributed by atoms with van der Waals surface area (Å²) in [5, 5.41) is 10.1. The molecule has 1 fully saturated rings. The van der Waals surface area contributed by atoms with Gasteiger partial charge < -0.3 is 15.6 Å². The second-order valence-corrected chi connectivity index (χ2v) is 4.56. The second-order valence-electron chi connectivity index (χ2n) is 4.56. The van der Waals surface area contributed by atoms with Crippen LogP contribution in [0.4, 0.5) is 4.39 Å². The topological polar surface area (TPSA) is 55.5 Å². The molecule has 0 spiro atoms. The van der Waals surface area contributed by atoms with Crippen molar-refractivity contribution in [3.8, 4) is 5.75 Å². The maximum absolute atomic E-state index is 13.8. The summed E-state index contributed by atoms with van der Waals surface area (Å²) in [5.41, 5.74) is 6.23. The van der Waals surface area contributed by atoms with E-state index in [1.807, 2.05) is 0 Å². The number of hydrogen-bond acceptors (Lipinski definition) is 3. The van der Waals surface area contributed by atoms with Crippen molar-refractivity contribution in [1.29, 1.82) is 0 Å². The summed E-state index contributed by atoms with van der Waals surface area (Å²) in [7, 11) is 1.47. The predicted molar refractivity (Wildman–Crippen MR) is 70.5 cm³/mol. The Morgan fingerprint density at radius 1 is 1.44 bits per heavy atom. The quantitative estimate of drug-likeness (QED) is 0.887. The van der Waals surface area contributed by atoms with E-state index in [1.54, 1.807) is 12.1 Å². The minimum absolute atomic E-state index is 0. The highest BCUT2D eigenvalue weighted by molar-refractivity contribution is 5.85. The van der Waals surface area contributed by atoms with E-state index in [4.69, 9.17) is 10.5 Å². The number of halogens is 2. The SMILES string of the molecule is COc1cccc(F)c1[C@@H](N)[C@@H](O)C1CCC1.Cl. The maximum atomic E-state index is 13.8. The highest BCUT2D eigenvalue weighted by atomic mass is 35.5. The minimum Gasteiger partial charge on any atom is -0.496 e. The molecule has 1 aliphatic carbocycles. The average molecular weight is 276 g/mol. The molecule has 0 aliphatic heterocycles. The number of ether oxygens (including phenoxy) is 1. The van der Waals surface area contributed by atoms with Gasteiger partial charge in [0.15, 0.2) is 0 Å². The van der Waals surface area contributed by atoms with Crippen molar-refractivity contribution in [2.24, 2.45) is 11.7 Å². The van der Waals surface area contributed by atoms with Gasteiger partial charge in [-0.25, -0.2) is 4.39 Å². The molecule has 0 aromatic heterocycles. The fourth-order valence-electron chi connectivity index (χ4n) is 2.26. The molecule has 2 atom stereocenters. The number of aliphatic hydroxyl groups is 1. The Balaban J connectivity index is 0.00000162. The van der Waals surface area contributed by atoms with Gasteiger partial charge in [-0.15, -0.1) is 12.4 Å². The Hall–Kier alpha value is -0.840. The predicted octanol–water partition coefficient (Wildman–Crippen LogP) is 2.42. The van der Waals surface area contributed by atoms with Crippen LogP contribution in [-0.4, -0.2) is 18.3 Å². The molecular formula is C13H19ClFNO2. The molecule has 0 amide bonds. The van der Waals surface area contributed by atoms with Crippen molar-refractivity contribution in [2.75, 3.05) is 7.11 Å². The summed E-state index contributed by atoms with van der Waals surface area (Å²) in [6.45, 7) is 0. The Morgan fingerprint density at radius 3 is 2.61 bits per heavy atom. The van der Waals surface area contributed by atoms with E-state index in [0.717, 1.165) is 19.3 Å². The number of hydrogen-bond donors (Lipinski definition) is 2. The lowest BCUT2D eigenvalue weighted by atomic mass is 9.77. The maximum Gasteiger partial charge on any atom is 0.131 e. The molecule has 5 heteroatoms. The molecule has 0 unspecified atom stereocenters. The van der Waals surface area contributed by atoms with Gasteiger partial charge in [-0.3, -0.25) is 0 Å². The molecule has 18 heavy (non-hydrogen) atoms. The van der Waals surface area contributed by atoms with Crippen molar-refractivity contribution in [2.45, 2.75) is 31.4 Å². The third kappa shape index (κ3) is 2.76. The van der Waals surface area contributed by atoms with Crippen LogP contribution >= 0.6 is 12.4 Å². The highest BCUT2D eigenvalue weighted by Crippen LogP contribution is 2.37. The van der Waals surface area contributed by atoms with Crippen molar-refractivity contribution in [1.82, 2.24) is 0 Å². The summed E-state index contributed by atoms with van der Waals surface area (Å²) < 4.78 is 18.9. The molecule has 3 nitrogen and oxygen atoms in total. The fraction of sp³-hybridized carbons (Fsp3) is 0.538. The molecule has 1 saturated carbocycles. The molecule has 3 N–H and O–H groups in total. The summed E-state index contributed by atoms with van der Waals surface area (Å²) in [4.78, 5) is 0. The van der Waals surface area contributed by atoms with E-state index < -0.39 is 18.0 Å². The van der Waals surface area contributed by atoms with E-state index in [2.05, 4.69) is 0 Å². The summed E-state index contributed by atoms with van der Waals surface area (Å²) in [6.07, 6.45) is 2.34. The fourth-order valence-corrected chi connectivity index (χ4v) is 2.26. The summed E-state index contributed by atoms with van der Waals surface area (Å²) in [6, 6.07) is 3.84. The number of rotatable bonds is 4. The van der Waals surface area contributed by atoms with E-state index in [1.165, 1.54) is 13.2 Å². The van der Waals surface area contributed by atoms with Gasteiger partial charge in [-0.2, -0.15) is 0 Å². The van der Waals surface area contributed by atoms with Gasteiger partial charge in [0.1, 0.15) is 11.6 Å². The first kappa shape index (κ1) is 15.2. The van der Waals surface area contributed by atoms with Crippen LogP contribution < -0.4 is 10.5 Å². The Kier molecular flexibility index (Phi) is 5.38. The minimum atomic E-state index is -0.726. The smallest absolute Gasteiger partial charge is 0.131 e. The van der Waals surface area contributed by atoms with Gasteiger partial charge in [-0.1, -0.05) is 12.5 Å². The molecule has 1 aromatic carbocycles. The van der Waals surface area contributed by atoms with E-state index >= 15 is 0 Å². The molecule has 1 aliphatic rings. The van der Waals surface area contributed by atoms with Crippen LogP contribution in [0.25, 0.3) is 0 Å². The summed E-state index contributed by atoms with van der Waals surface area (Å²) >= 11 is 0. The van der Waals surface area contributed by atoms with Crippen molar-refractivity contribution in [3.63, 3.8) is 0 Å². The van der Waals surface area contributed by atoms with Gasteiger partial charge in [0.05, 0.1) is 19.3 Å². The Morgan fingerprint density at radius 2 is 2.11 bits per heavy atom. The monoisotopic (exact) mass is 275 g/mol. The van der Waals surface area contributed by atoms with Gasteiger partial charge >= 0.3 is 0 Å². The zero-order chi connectivity index (χ0) is 12.4. The van der Waals surface area contributed by atoms with Gasteiger partial charge in [-0.05, 0) is 30.9 Å².